The zero-order valence-corrected chi connectivity index (χ0v) is 8.20. The van der Waals surface area contributed by atoms with Gasteiger partial charge < -0.3 is 9.47 Å². The Morgan fingerprint density at radius 1 is 1.64 bits per heavy atom. The summed E-state index contributed by atoms with van der Waals surface area (Å²) in [4.78, 5) is 14.8. The van der Waals surface area contributed by atoms with Crippen LogP contribution in [0.2, 0.25) is 0 Å². The number of hydrogen-bond donors (Lipinski definition) is 0. The Kier molecular flexibility index (Phi) is 4.75. The van der Waals surface area contributed by atoms with E-state index in [0.29, 0.717) is 13.2 Å². The fourth-order valence-electron chi connectivity index (χ4n) is 1.14. The molecule has 0 aromatic rings. The van der Waals surface area contributed by atoms with Crippen molar-refractivity contribution in [2.24, 2.45) is 4.99 Å². The Labute approximate surface area is 83.6 Å². The molecule has 0 amide bonds. The van der Waals surface area contributed by atoms with E-state index in [9.17, 15) is 4.79 Å². The number of unbranched alkanes of at least 4 members (excludes halogenated alkanes) is 1. The molecule has 0 atom stereocenters. The molecule has 0 aliphatic carbocycles. The Morgan fingerprint density at radius 3 is 3.14 bits per heavy atom. The van der Waals surface area contributed by atoms with Gasteiger partial charge in [-0.15, -0.1) is 0 Å². The van der Waals surface area contributed by atoms with E-state index in [1.165, 1.54) is 6.08 Å². The van der Waals surface area contributed by atoms with Crippen LogP contribution in [0.1, 0.15) is 19.3 Å². The smallest absolute Gasteiger partial charge is 0.330 e. The standard InChI is InChI=1S/C10H15NO3/c1-2-10(12)14-7-4-3-5-9-11-6-8-13-9/h2H,1,3-8H2. The lowest BCUT2D eigenvalue weighted by Gasteiger charge is -2.02. The highest BCUT2D eigenvalue weighted by atomic mass is 16.5. The molecule has 0 bridgehead atoms. The maximum absolute atomic E-state index is 10.6. The van der Waals surface area contributed by atoms with Crippen molar-refractivity contribution in [3.05, 3.63) is 12.7 Å². The van der Waals surface area contributed by atoms with Crippen molar-refractivity contribution >= 4 is 11.9 Å². The lowest BCUT2D eigenvalue weighted by atomic mass is 10.2. The summed E-state index contributed by atoms with van der Waals surface area (Å²) in [6.07, 6.45) is 3.78. The summed E-state index contributed by atoms with van der Waals surface area (Å²) in [5.74, 6) is 0.472. The predicted molar refractivity (Wildman–Crippen MR) is 53.3 cm³/mol. The highest BCUT2D eigenvalue weighted by molar-refractivity contribution is 5.81. The Bertz CT molecular complexity index is 236. The quantitative estimate of drug-likeness (QED) is 0.366. The monoisotopic (exact) mass is 197 g/mol. The minimum Gasteiger partial charge on any atom is -0.479 e. The second-order valence-corrected chi connectivity index (χ2v) is 2.95. The van der Waals surface area contributed by atoms with Gasteiger partial charge in [0, 0.05) is 12.5 Å². The zero-order chi connectivity index (χ0) is 10.2. The molecule has 0 aromatic carbocycles. The van der Waals surface area contributed by atoms with Crippen molar-refractivity contribution < 1.29 is 14.3 Å². The van der Waals surface area contributed by atoms with Gasteiger partial charge >= 0.3 is 5.97 Å². The lowest BCUT2D eigenvalue weighted by Crippen LogP contribution is -2.03. The van der Waals surface area contributed by atoms with Crippen LogP contribution in [0.5, 0.6) is 0 Å². The molecule has 0 saturated carbocycles. The number of ether oxygens (including phenoxy) is 2. The van der Waals surface area contributed by atoms with Crippen LogP contribution < -0.4 is 0 Å². The first kappa shape index (κ1) is 10.8. The first-order valence-electron chi connectivity index (χ1n) is 4.78. The normalized spacial score (nSPS) is 14.4. The average molecular weight is 197 g/mol. The summed E-state index contributed by atoms with van der Waals surface area (Å²) in [5.41, 5.74) is 0. The second kappa shape index (κ2) is 6.18. The third-order valence-corrected chi connectivity index (χ3v) is 1.84. The first-order valence-corrected chi connectivity index (χ1v) is 4.78. The molecule has 0 spiro atoms. The fourth-order valence-corrected chi connectivity index (χ4v) is 1.14. The molecular weight excluding hydrogens is 182 g/mol. The van der Waals surface area contributed by atoms with Crippen LogP contribution in [0, 0.1) is 0 Å². The largest absolute Gasteiger partial charge is 0.479 e. The molecule has 78 valence electrons. The van der Waals surface area contributed by atoms with Gasteiger partial charge in [0.05, 0.1) is 13.2 Å². The Morgan fingerprint density at radius 2 is 2.50 bits per heavy atom. The highest BCUT2D eigenvalue weighted by Gasteiger charge is 2.06. The number of esters is 1. The molecule has 0 unspecified atom stereocenters. The van der Waals surface area contributed by atoms with E-state index in [-0.39, 0.29) is 5.97 Å². The van der Waals surface area contributed by atoms with Gasteiger partial charge in [0.15, 0.2) is 5.90 Å². The van der Waals surface area contributed by atoms with E-state index >= 15 is 0 Å². The summed E-state index contributed by atoms with van der Waals surface area (Å²) in [6, 6.07) is 0. The molecule has 0 N–H and O–H groups in total. The van der Waals surface area contributed by atoms with E-state index in [4.69, 9.17) is 9.47 Å². The third kappa shape index (κ3) is 4.07. The van der Waals surface area contributed by atoms with Crippen LogP contribution >= 0.6 is 0 Å². The molecule has 14 heavy (non-hydrogen) atoms. The van der Waals surface area contributed by atoms with Crippen LogP contribution in [0.3, 0.4) is 0 Å². The highest BCUT2D eigenvalue weighted by Crippen LogP contribution is 2.04. The van der Waals surface area contributed by atoms with Gasteiger partial charge in [-0.1, -0.05) is 6.58 Å². The molecule has 1 rings (SSSR count). The Hall–Kier alpha value is -1.32. The van der Waals surface area contributed by atoms with Gasteiger partial charge in [0.1, 0.15) is 6.61 Å². The zero-order valence-electron chi connectivity index (χ0n) is 8.20. The molecule has 1 aliphatic rings. The topological polar surface area (TPSA) is 47.9 Å². The maximum Gasteiger partial charge on any atom is 0.330 e. The SMILES string of the molecule is C=CC(=O)OCCCCC1=NCCO1. The van der Waals surface area contributed by atoms with Gasteiger partial charge in [0.25, 0.3) is 0 Å². The van der Waals surface area contributed by atoms with E-state index in [1.807, 2.05) is 0 Å². The van der Waals surface area contributed by atoms with Gasteiger partial charge in [-0.3, -0.25) is 4.99 Å². The van der Waals surface area contributed by atoms with Crippen LogP contribution in [0.25, 0.3) is 0 Å². The van der Waals surface area contributed by atoms with E-state index in [2.05, 4.69) is 11.6 Å². The van der Waals surface area contributed by atoms with Gasteiger partial charge in [-0.25, -0.2) is 4.79 Å². The van der Waals surface area contributed by atoms with Crippen molar-refractivity contribution in [2.45, 2.75) is 19.3 Å². The second-order valence-electron chi connectivity index (χ2n) is 2.95. The maximum atomic E-state index is 10.6. The molecule has 0 saturated heterocycles. The van der Waals surface area contributed by atoms with Crippen molar-refractivity contribution in [1.29, 1.82) is 0 Å². The molecule has 4 nitrogen and oxygen atoms in total. The predicted octanol–water partition coefficient (Wildman–Crippen LogP) is 1.31. The van der Waals surface area contributed by atoms with Gasteiger partial charge in [-0.2, -0.15) is 0 Å². The van der Waals surface area contributed by atoms with Gasteiger partial charge in [-0.05, 0) is 12.8 Å². The number of carbonyl (C=O) groups excluding carboxylic acids is 1. The molecule has 0 aromatic heterocycles. The summed E-state index contributed by atoms with van der Waals surface area (Å²) in [5, 5.41) is 0. The van der Waals surface area contributed by atoms with Crippen LogP contribution in [0.4, 0.5) is 0 Å². The van der Waals surface area contributed by atoms with Crippen molar-refractivity contribution in [2.75, 3.05) is 19.8 Å². The summed E-state index contributed by atoms with van der Waals surface area (Å²) in [7, 11) is 0. The minimum atomic E-state index is -0.362. The van der Waals surface area contributed by atoms with Gasteiger partial charge in [0.2, 0.25) is 0 Å². The van der Waals surface area contributed by atoms with Crippen LogP contribution in [0.15, 0.2) is 17.6 Å². The molecule has 4 heteroatoms. The van der Waals surface area contributed by atoms with E-state index in [1.54, 1.807) is 0 Å². The van der Waals surface area contributed by atoms with Crippen molar-refractivity contribution in [1.82, 2.24) is 0 Å². The number of nitrogens with zero attached hydrogens (tertiary/aromatic N) is 1. The van der Waals surface area contributed by atoms with E-state index in [0.717, 1.165) is 31.7 Å². The number of carbonyl (C=O) groups is 1. The summed E-state index contributed by atoms with van der Waals surface area (Å²) < 4.78 is 10.0. The van der Waals surface area contributed by atoms with Crippen molar-refractivity contribution in [3.8, 4) is 0 Å². The van der Waals surface area contributed by atoms with Crippen molar-refractivity contribution in [3.63, 3.8) is 0 Å². The molecule has 0 radical (unpaired) electrons. The van der Waals surface area contributed by atoms with E-state index < -0.39 is 0 Å². The summed E-state index contributed by atoms with van der Waals surface area (Å²) >= 11 is 0. The number of aliphatic imine (C=N–C) groups is 1. The molecular formula is C10H15NO3. The summed E-state index contributed by atoms with van der Waals surface area (Å²) in [6.45, 7) is 5.24. The Balaban J connectivity index is 1.94. The lowest BCUT2D eigenvalue weighted by molar-refractivity contribution is -0.137. The van der Waals surface area contributed by atoms with Crippen LogP contribution in [-0.2, 0) is 14.3 Å². The average Bonchev–Trinajstić information content (AvgIpc) is 2.69. The molecule has 0 fully saturated rings. The van der Waals surface area contributed by atoms with Crippen LogP contribution in [-0.4, -0.2) is 31.6 Å². The third-order valence-electron chi connectivity index (χ3n) is 1.84. The minimum absolute atomic E-state index is 0.362. The number of rotatable bonds is 6. The molecule has 1 aliphatic heterocycles. The fraction of sp³-hybridized carbons (Fsp3) is 0.600. The molecule has 1 heterocycles. The first-order chi connectivity index (χ1) is 6.83. The number of hydrogen-bond acceptors (Lipinski definition) is 4.